The third-order valence-corrected chi connectivity index (χ3v) is 4.55. The second kappa shape index (κ2) is 4.82. The highest BCUT2D eigenvalue weighted by Crippen LogP contribution is 2.39. The summed E-state index contributed by atoms with van der Waals surface area (Å²) in [4.78, 5) is 4.34. The summed E-state index contributed by atoms with van der Waals surface area (Å²) in [5, 5.41) is 16.4. The fraction of sp³-hybridized carbons (Fsp3) is 0.600. The maximum atomic E-state index is 9.25. The van der Waals surface area contributed by atoms with Crippen LogP contribution in [0.3, 0.4) is 0 Å². The van der Waals surface area contributed by atoms with Crippen molar-refractivity contribution in [1.82, 2.24) is 10.3 Å². The number of pyridine rings is 1. The first-order chi connectivity index (χ1) is 9.22. The van der Waals surface area contributed by atoms with Gasteiger partial charge in [-0.05, 0) is 57.2 Å². The van der Waals surface area contributed by atoms with Gasteiger partial charge in [0, 0.05) is 17.8 Å². The zero-order valence-electron chi connectivity index (χ0n) is 11.4. The molecule has 1 spiro atoms. The first-order valence-electron chi connectivity index (χ1n) is 7.10. The number of nitrogens with zero attached hydrogens (tertiary/aromatic N) is 2. The van der Waals surface area contributed by atoms with Crippen LogP contribution >= 0.6 is 0 Å². The van der Waals surface area contributed by atoms with Gasteiger partial charge in [-0.2, -0.15) is 5.26 Å². The molecule has 2 N–H and O–H groups in total. The number of hydrogen-bond acceptors (Lipinski definition) is 4. The number of aromatic nitrogens is 1. The lowest BCUT2D eigenvalue weighted by Gasteiger charge is -2.48. The van der Waals surface area contributed by atoms with Gasteiger partial charge in [0.25, 0.3) is 0 Å². The molecule has 2 aliphatic rings. The van der Waals surface area contributed by atoms with Gasteiger partial charge in [-0.3, -0.25) is 0 Å². The predicted molar refractivity (Wildman–Crippen MR) is 74.9 cm³/mol. The Labute approximate surface area is 114 Å². The van der Waals surface area contributed by atoms with E-state index in [0.717, 1.165) is 30.8 Å². The minimum absolute atomic E-state index is 0.368. The van der Waals surface area contributed by atoms with Crippen molar-refractivity contribution < 1.29 is 0 Å². The van der Waals surface area contributed by atoms with Crippen LogP contribution in [0.1, 0.15) is 43.2 Å². The summed E-state index contributed by atoms with van der Waals surface area (Å²) < 4.78 is 0. The molecule has 1 aromatic rings. The average molecular weight is 256 g/mol. The van der Waals surface area contributed by atoms with Gasteiger partial charge in [0.1, 0.15) is 11.9 Å². The summed E-state index contributed by atoms with van der Waals surface area (Å²) in [6.45, 7) is 3.02. The van der Waals surface area contributed by atoms with Crippen LogP contribution in [-0.4, -0.2) is 23.1 Å². The van der Waals surface area contributed by atoms with Crippen molar-refractivity contribution in [2.45, 2.75) is 50.6 Å². The Morgan fingerprint density at radius 3 is 3.05 bits per heavy atom. The van der Waals surface area contributed by atoms with Gasteiger partial charge in [0.2, 0.25) is 0 Å². The van der Waals surface area contributed by atoms with E-state index in [1.807, 2.05) is 13.0 Å². The summed E-state index contributed by atoms with van der Waals surface area (Å²) in [5.74, 6) is 0.754. The highest BCUT2D eigenvalue weighted by molar-refractivity contribution is 5.55. The molecule has 1 saturated carbocycles. The molecule has 1 aliphatic heterocycles. The second-order valence-corrected chi connectivity index (χ2v) is 5.86. The third kappa shape index (κ3) is 2.31. The molecule has 0 aromatic carbocycles. The molecule has 2 heterocycles. The van der Waals surface area contributed by atoms with Crippen LogP contribution < -0.4 is 10.6 Å². The molecule has 1 aromatic heterocycles. The van der Waals surface area contributed by atoms with E-state index < -0.39 is 0 Å². The number of nitrogens with one attached hydrogen (secondary N) is 2. The van der Waals surface area contributed by atoms with Crippen molar-refractivity contribution >= 4 is 5.82 Å². The lowest BCUT2D eigenvalue weighted by molar-refractivity contribution is 0.135. The van der Waals surface area contributed by atoms with Gasteiger partial charge in [-0.25, -0.2) is 4.98 Å². The monoisotopic (exact) mass is 256 g/mol. The van der Waals surface area contributed by atoms with E-state index >= 15 is 0 Å². The van der Waals surface area contributed by atoms with E-state index in [-0.39, 0.29) is 0 Å². The number of nitriles is 1. The van der Waals surface area contributed by atoms with Crippen molar-refractivity contribution in [3.05, 3.63) is 23.4 Å². The molecule has 1 atom stereocenters. The SMILES string of the molecule is Cc1ccnc(NC2CCNC3(CCC3)C2)c1C#N. The number of hydrogen-bond donors (Lipinski definition) is 2. The molecule has 1 aliphatic carbocycles. The Morgan fingerprint density at radius 2 is 2.37 bits per heavy atom. The molecule has 2 fully saturated rings. The zero-order chi connectivity index (χ0) is 13.3. The highest BCUT2D eigenvalue weighted by atomic mass is 15.1. The molecule has 0 radical (unpaired) electrons. The maximum Gasteiger partial charge on any atom is 0.144 e. The van der Waals surface area contributed by atoms with E-state index in [1.165, 1.54) is 19.3 Å². The fourth-order valence-corrected chi connectivity index (χ4v) is 3.27. The van der Waals surface area contributed by atoms with E-state index in [2.05, 4.69) is 21.7 Å². The van der Waals surface area contributed by atoms with Gasteiger partial charge < -0.3 is 10.6 Å². The number of rotatable bonds is 2. The largest absolute Gasteiger partial charge is 0.366 e. The maximum absolute atomic E-state index is 9.25. The second-order valence-electron chi connectivity index (χ2n) is 5.86. The van der Waals surface area contributed by atoms with Crippen LogP contribution in [-0.2, 0) is 0 Å². The molecule has 1 unspecified atom stereocenters. The number of anilines is 1. The lowest BCUT2D eigenvalue weighted by atomic mass is 9.70. The van der Waals surface area contributed by atoms with Crippen molar-refractivity contribution in [2.75, 3.05) is 11.9 Å². The smallest absolute Gasteiger partial charge is 0.144 e. The zero-order valence-corrected chi connectivity index (χ0v) is 11.4. The number of piperidine rings is 1. The van der Waals surface area contributed by atoms with Gasteiger partial charge in [-0.1, -0.05) is 0 Å². The number of aryl methyl sites for hydroxylation is 1. The quantitative estimate of drug-likeness (QED) is 0.852. The summed E-state index contributed by atoms with van der Waals surface area (Å²) in [5.41, 5.74) is 2.04. The Morgan fingerprint density at radius 1 is 1.53 bits per heavy atom. The molecule has 0 amide bonds. The van der Waals surface area contributed by atoms with Gasteiger partial charge in [0.05, 0.1) is 5.56 Å². The van der Waals surface area contributed by atoms with Crippen molar-refractivity contribution in [3.63, 3.8) is 0 Å². The van der Waals surface area contributed by atoms with E-state index in [4.69, 9.17) is 0 Å². The Kier molecular flexibility index (Phi) is 3.16. The molecule has 4 nitrogen and oxygen atoms in total. The van der Waals surface area contributed by atoms with Crippen LogP contribution in [0.15, 0.2) is 12.3 Å². The standard InChI is InChI=1S/C15H20N4/c1-11-3-7-17-14(13(11)10-16)19-12-4-8-18-15(9-12)5-2-6-15/h3,7,12,18H,2,4-6,8-9H2,1H3,(H,17,19). The Hall–Kier alpha value is -1.60. The van der Waals surface area contributed by atoms with Crippen LogP contribution in [0.25, 0.3) is 0 Å². The minimum atomic E-state index is 0.368. The summed E-state index contributed by atoms with van der Waals surface area (Å²) in [7, 11) is 0. The first kappa shape index (κ1) is 12.4. The molecular weight excluding hydrogens is 236 g/mol. The van der Waals surface area contributed by atoms with Gasteiger partial charge in [0.15, 0.2) is 0 Å². The fourth-order valence-electron chi connectivity index (χ4n) is 3.27. The average Bonchev–Trinajstić information content (AvgIpc) is 2.38. The molecule has 4 heteroatoms. The minimum Gasteiger partial charge on any atom is -0.366 e. The van der Waals surface area contributed by atoms with Crippen molar-refractivity contribution in [3.8, 4) is 6.07 Å². The molecule has 19 heavy (non-hydrogen) atoms. The molecular formula is C15H20N4. The normalized spacial score (nSPS) is 24.5. The van der Waals surface area contributed by atoms with E-state index in [9.17, 15) is 5.26 Å². The van der Waals surface area contributed by atoms with Crippen LogP contribution in [0, 0.1) is 18.3 Å². The predicted octanol–water partition coefficient (Wildman–Crippen LogP) is 2.35. The Bertz CT molecular complexity index is 513. The van der Waals surface area contributed by atoms with Gasteiger partial charge >= 0.3 is 0 Å². The van der Waals surface area contributed by atoms with E-state index in [1.54, 1.807) is 6.20 Å². The van der Waals surface area contributed by atoms with Crippen LogP contribution in [0.2, 0.25) is 0 Å². The first-order valence-corrected chi connectivity index (χ1v) is 7.10. The van der Waals surface area contributed by atoms with Crippen LogP contribution in [0.5, 0.6) is 0 Å². The highest BCUT2D eigenvalue weighted by Gasteiger charge is 2.40. The van der Waals surface area contributed by atoms with E-state index in [0.29, 0.717) is 17.1 Å². The molecule has 3 rings (SSSR count). The van der Waals surface area contributed by atoms with Crippen LogP contribution in [0.4, 0.5) is 5.82 Å². The topological polar surface area (TPSA) is 60.7 Å². The summed E-state index contributed by atoms with van der Waals surface area (Å²) in [6, 6.07) is 4.58. The third-order valence-electron chi connectivity index (χ3n) is 4.55. The molecule has 1 saturated heterocycles. The van der Waals surface area contributed by atoms with Crippen molar-refractivity contribution in [2.24, 2.45) is 0 Å². The summed E-state index contributed by atoms with van der Waals surface area (Å²) in [6.07, 6.45) is 7.94. The van der Waals surface area contributed by atoms with Crippen molar-refractivity contribution in [1.29, 1.82) is 5.26 Å². The molecule has 100 valence electrons. The van der Waals surface area contributed by atoms with Gasteiger partial charge in [-0.15, -0.1) is 0 Å². The lowest BCUT2D eigenvalue weighted by Crippen LogP contribution is -2.58. The summed E-state index contributed by atoms with van der Waals surface area (Å²) >= 11 is 0. The Balaban J connectivity index is 1.75. The molecule has 0 bridgehead atoms.